The molecule has 2 heteroatoms. The molecule has 2 unspecified atom stereocenters. The molecule has 0 saturated heterocycles. The summed E-state index contributed by atoms with van der Waals surface area (Å²) in [6, 6.07) is 30.7. The molecular weight excluding hydrogens is 416 g/mol. The number of rotatable bonds is 6. The molecule has 2 nitrogen and oxygen atoms in total. The number of aliphatic hydroxyl groups is 2. The Morgan fingerprint density at radius 1 is 0.559 bits per heavy atom. The highest BCUT2D eigenvalue weighted by molar-refractivity contribution is 5.82. The van der Waals surface area contributed by atoms with E-state index in [1.807, 2.05) is 0 Å². The fraction of sp³-hybridized carbons (Fsp3) is 0.250. The second kappa shape index (κ2) is 8.54. The van der Waals surface area contributed by atoms with Crippen molar-refractivity contribution in [1.82, 2.24) is 0 Å². The van der Waals surface area contributed by atoms with E-state index < -0.39 is 0 Å². The zero-order valence-electron chi connectivity index (χ0n) is 19.5. The second-order valence-electron chi connectivity index (χ2n) is 9.64. The van der Waals surface area contributed by atoms with Gasteiger partial charge in [0.15, 0.2) is 0 Å². The summed E-state index contributed by atoms with van der Waals surface area (Å²) in [6.45, 7) is 2.68. The van der Waals surface area contributed by atoms with Crippen LogP contribution in [0.15, 0.2) is 84.9 Å². The molecule has 4 aromatic rings. The van der Waals surface area contributed by atoms with E-state index in [0.29, 0.717) is 0 Å². The number of aliphatic hydroxyl groups excluding tert-OH is 2. The van der Waals surface area contributed by atoms with Crippen LogP contribution in [0, 0.1) is 0 Å². The Kier molecular flexibility index (Phi) is 5.36. The molecule has 0 aromatic heterocycles. The molecule has 34 heavy (non-hydrogen) atoms. The van der Waals surface area contributed by atoms with Crippen LogP contribution in [0.3, 0.4) is 0 Å². The molecule has 0 amide bonds. The molecule has 2 atom stereocenters. The van der Waals surface area contributed by atoms with Gasteiger partial charge in [-0.05, 0) is 68.5 Å². The number of fused-ring (bicyclic) bond motifs is 6. The van der Waals surface area contributed by atoms with Crippen LogP contribution in [0.2, 0.25) is 0 Å². The Morgan fingerprint density at radius 3 is 1.41 bits per heavy atom. The predicted octanol–water partition coefficient (Wildman–Crippen LogP) is 6.83. The van der Waals surface area contributed by atoms with Crippen LogP contribution >= 0.6 is 0 Å². The van der Waals surface area contributed by atoms with Crippen LogP contribution in [-0.4, -0.2) is 23.4 Å². The van der Waals surface area contributed by atoms with E-state index in [-0.39, 0.29) is 31.0 Å². The summed E-state index contributed by atoms with van der Waals surface area (Å²) in [6.07, 6.45) is 1.47. The molecule has 0 fully saturated rings. The Morgan fingerprint density at radius 2 is 0.971 bits per heavy atom. The Balaban J connectivity index is 1.52. The molecule has 170 valence electrons. The lowest BCUT2D eigenvalue weighted by atomic mass is 9.79. The molecule has 0 aliphatic heterocycles. The van der Waals surface area contributed by atoms with Gasteiger partial charge < -0.3 is 10.2 Å². The first-order chi connectivity index (χ1) is 16.7. The summed E-state index contributed by atoms with van der Waals surface area (Å²) in [5.74, 6) is 0.644. The van der Waals surface area contributed by atoms with Crippen molar-refractivity contribution in [3.8, 4) is 22.3 Å². The van der Waals surface area contributed by atoms with Crippen LogP contribution in [0.4, 0.5) is 0 Å². The van der Waals surface area contributed by atoms with E-state index in [9.17, 15) is 10.2 Å². The third-order valence-electron chi connectivity index (χ3n) is 8.00. The van der Waals surface area contributed by atoms with Crippen molar-refractivity contribution in [2.24, 2.45) is 0 Å². The molecule has 2 aliphatic carbocycles. The van der Waals surface area contributed by atoms with Gasteiger partial charge in [0.1, 0.15) is 0 Å². The Bertz CT molecular complexity index is 1260. The minimum absolute atomic E-state index is 0.176. The van der Waals surface area contributed by atoms with E-state index in [2.05, 4.69) is 91.9 Å². The summed E-state index contributed by atoms with van der Waals surface area (Å²) in [4.78, 5) is 0. The standard InChI is InChI=1S/C32H30O2/c1-20(21-12-6-14-27-23-8-2-4-10-25(23)29(16-18-33)31(21)27)22-13-7-15-28-24-9-3-5-11-26(24)30(17-19-34)32(22)28/h2-15,20,29-30,33-34H,16-19H2,1H3. The van der Waals surface area contributed by atoms with E-state index in [1.165, 1.54) is 55.6 Å². The van der Waals surface area contributed by atoms with Crippen LogP contribution in [-0.2, 0) is 0 Å². The Labute approximate surface area is 201 Å². The molecular formula is C32H30O2. The SMILES string of the molecule is CC(c1cccc2c1C(CCO)c1ccccc1-2)c1cccc2c1C(CCO)c1ccccc1-2. The normalized spacial score (nSPS) is 18.2. The van der Waals surface area contributed by atoms with E-state index in [1.54, 1.807) is 0 Å². The van der Waals surface area contributed by atoms with Crippen molar-refractivity contribution in [2.45, 2.75) is 37.5 Å². The maximum absolute atomic E-state index is 9.92. The maximum Gasteiger partial charge on any atom is 0.0440 e. The fourth-order valence-corrected chi connectivity index (χ4v) is 6.60. The smallest absolute Gasteiger partial charge is 0.0440 e. The lowest BCUT2D eigenvalue weighted by Gasteiger charge is -2.25. The molecule has 4 aromatic carbocycles. The van der Waals surface area contributed by atoms with Crippen LogP contribution < -0.4 is 0 Å². The molecule has 6 rings (SSSR count). The van der Waals surface area contributed by atoms with Crippen LogP contribution in [0.25, 0.3) is 22.3 Å². The van der Waals surface area contributed by atoms with Gasteiger partial charge in [-0.1, -0.05) is 91.9 Å². The fourth-order valence-electron chi connectivity index (χ4n) is 6.60. The van der Waals surface area contributed by atoms with E-state index in [4.69, 9.17) is 0 Å². The molecule has 0 radical (unpaired) electrons. The second-order valence-corrected chi connectivity index (χ2v) is 9.64. The van der Waals surface area contributed by atoms with Gasteiger partial charge in [-0.2, -0.15) is 0 Å². The van der Waals surface area contributed by atoms with Crippen molar-refractivity contribution < 1.29 is 10.2 Å². The zero-order chi connectivity index (χ0) is 23.2. The number of benzene rings is 4. The predicted molar refractivity (Wildman–Crippen MR) is 138 cm³/mol. The molecule has 0 saturated carbocycles. The third kappa shape index (κ3) is 3.10. The molecule has 2 aliphatic rings. The van der Waals surface area contributed by atoms with Gasteiger partial charge in [-0.3, -0.25) is 0 Å². The molecule has 2 N–H and O–H groups in total. The summed E-state index contributed by atoms with van der Waals surface area (Å²) in [5.41, 5.74) is 13.3. The average molecular weight is 447 g/mol. The van der Waals surface area contributed by atoms with Crippen molar-refractivity contribution >= 4 is 0 Å². The van der Waals surface area contributed by atoms with Gasteiger partial charge in [0.25, 0.3) is 0 Å². The van der Waals surface area contributed by atoms with Crippen molar-refractivity contribution in [3.63, 3.8) is 0 Å². The summed E-state index contributed by atoms with van der Waals surface area (Å²) < 4.78 is 0. The Hall–Kier alpha value is -3.20. The van der Waals surface area contributed by atoms with Gasteiger partial charge in [0.2, 0.25) is 0 Å². The monoisotopic (exact) mass is 446 g/mol. The largest absolute Gasteiger partial charge is 0.396 e. The first-order valence-corrected chi connectivity index (χ1v) is 12.4. The highest BCUT2D eigenvalue weighted by atomic mass is 16.3. The van der Waals surface area contributed by atoms with Crippen molar-refractivity contribution in [2.75, 3.05) is 13.2 Å². The van der Waals surface area contributed by atoms with Gasteiger partial charge >= 0.3 is 0 Å². The first-order valence-electron chi connectivity index (χ1n) is 12.4. The van der Waals surface area contributed by atoms with Gasteiger partial charge in [0, 0.05) is 31.0 Å². The van der Waals surface area contributed by atoms with Gasteiger partial charge in [0.05, 0.1) is 0 Å². The zero-order valence-corrected chi connectivity index (χ0v) is 19.5. The summed E-state index contributed by atoms with van der Waals surface area (Å²) in [5, 5.41) is 19.8. The first kappa shape index (κ1) is 21.3. The average Bonchev–Trinajstić information content (AvgIpc) is 3.38. The van der Waals surface area contributed by atoms with Gasteiger partial charge in [-0.15, -0.1) is 0 Å². The number of hydrogen-bond donors (Lipinski definition) is 2. The van der Waals surface area contributed by atoms with Crippen molar-refractivity contribution in [1.29, 1.82) is 0 Å². The van der Waals surface area contributed by atoms with Crippen molar-refractivity contribution in [3.05, 3.63) is 118 Å². The molecule has 0 heterocycles. The van der Waals surface area contributed by atoms with Crippen LogP contribution in [0.1, 0.15) is 70.9 Å². The summed E-state index contributed by atoms with van der Waals surface area (Å²) >= 11 is 0. The topological polar surface area (TPSA) is 40.5 Å². The molecule has 0 bridgehead atoms. The van der Waals surface area contributed by atoms with Crippen LogP contribution in [0.5, 0.6) is 0 Å². The highest BCUT2D eigenvalue weighted by Gasteiger charge is 2.35. The lowest BCUT2D eigenvalue weighted by molar-refractivity contribution is 0.282. The van der Waals surface area contributed by atoms with Gasteiger partial charge in [-0.25, -0.2) is 0 Å². The minimum Gasteiger partial charge on any atom is -0.396 e. The quantitative estimate of drug-likeness (QED) is 0.341. The minimum atomic E-state index is 0.176. The van der Waals surface area contributed by atoms with E-state index >= 15 is 0 Å². The maximum atomic E-state index is 9.92. The highest BCUT2D eigenvalue weighted by Crippen LogP contribution is 2.53. The molecule has 0 spiro atoms. The van der Waals surface area contributed by atoms with E-state index in [0.717, 1.165) is 12.8 Å². The lowest BCUT2D eigenvalue weighted by Crippen LogP contribution is -2.10. The third-order valence-corrected chi connectivity index (χ3v) is 8.00. The summed E-state index contributed by atoms with van der Waals surface area (Å²) in [7, 11) is 0. The number of hydrogen-bond acceptors (Lipinski definition) is 2.